The van der Waals surface area contributed by atoms with Gasteiger partial charge in [0.2, 0.25) is 5.91 Å². The molecule has 1 aliphatic rings. The molecule has 1 aliphatic carbocycles. The lowest BCUT2D eigenvalue weighted by molar-refractivity contribution is -0.122. The fourth-order valence-electron chi connectivity index (χ4n) is 1.69. The summed E-state index contributed by atoms with van der Waals surface area (Å²) in [5.74, 6) is -0.116. The van der Waals surface area contributed by atoms with E-state index in [9.17, 15) is 9.18 Å². The van der Waals surface area contributed by atoms with Crippen LogP contribution in [0.25, 0.3) is 0 Å². The van der Waals surface area contributed by atoms with E-state index in [-0.39, 0.29) is 17.6 Å². The molecule has 1 aromatic rings. The van der Waals surface area contributed by atoms with Gasteiger partial charge in [0.25, 0.3) is 0 Å². The zero-order valence-corrected chi connectivity index (χ0v) is 10.6. The Bertz CT molecular complexity index is 429. The maximum absolute atomic E-state index is 13.2. The third-order valence-corrected chi connectivity index (χ3v) is 3.61. The molecule has 2 nitrogen and oxygen atoms in total. The molecule has 1 amide bonds. The van der Waals surface area contributed by atoms with Crippen LogP contribution in [0.3, 0.4) is 0 Å². The van der Waals surface area contributed by atoms with Crippen LogP contribution >= 0.6 is 15.9 Å². The lowest BCUT2D eigenvalue weighted by Crippen LogP contribution is -2.28. The Morgan fingerprint density at radius 1 is 1.50 bits per heavy atom. The normalized spacial score (nSPS) is 15.7. The van der Waals surface area contributed by atoms with Gasteiger partial charge < -0.3 is 5.32 Å². The molecule has 0 saturated heterocycles. The quantitative estimate of drug-likeness (QED) is 0.883. The summed E-state index contributed by atoms with van der Waals surface area (Å²) in [4.78, 5) is 11.7. The van der Waals surface area contributed by atoms with Gasteiger partial charge in [0, 0.05) is 11.6 Å². The van der Waals surface area contributed by atoms with Crippen molar-refractivity contribution >= 4 is 27.5 Å². The minimum Gasteiger partial charge on any atom is -0.326 e. The molecule has 1 aromatic carbocycles. The van der Waals surface area contributed by atoms with Crippen LogP contribution in [0.5, 0.6) is 0 Å². The maximum atomic E-state index is 13.2. The molecule has 0 spiro atoms. The zero-order valence-electron chi connectivity index (χ0n) is 9.02. The Balaban J connectivity index is 2.14. The Morgan fingerprint density at radius 2 is 2.19 bits per heavy atom. The van der Waals surface area contributed by atoms with Gasteiger partial charge in [-0.3, -0.25) is 4.79 Å². The van der Waals surface area contributed by atoms with Gasteiger partial charge in [-0.15, -0.1) is 0 Å². The Morgan fingerprint density at radius 3 is 2.75 bits per heavy atom. The standard InChI is InChI=1S/C12H13BrFNO/c1-7-5-10(14)9(13)6-11(7)15-12(16)8-3-2-4-8/h5-6,8H,2-4H2,1H3,(H,15,16). The van der Waals surface area contributed by atoms with E-state index < -0.39 is 0 Å². The van der Waals surface area contributed by atoms with Crippen molar-refractivity contribution in [3.8, 4) is 0 Å². The number of rotatable bonds is 2. The van der Waals surface area contributed by atoms with Crippen LogP contribution in [-0.4, -0.2) is 5.91 Å². The van der Waals surface area contributed by atoms with Gasteiger partial charge in [0.15, 0.2) is 0 Å². The summed E-state index contributed by atoms with van der Waals surface area (Å²) in [5, 5.41) is 2.84. The molecule has 0 bridgehead atoms. The molecule has 16 heavy (non-hydrogen) atoms. The summed E-state index contributed by atoms with van der Waals surface area (Å²) in [7, 11) is 0. The first-order chi connectivity index (χ1) is 7.58. The Hall–Kier alpha value is -0.900. The van der Waals surface area contributed by atoms with Crippen LogP contribution in [0.2, 0.25) is 0 Å². The molecule has 0 aliphatic heterocycles. The molecule has 86 valence electrons. The minimum absolute atomic E-state index is 0.0489. The minimum atomic E-state index is -0.306. The van der Waals surface area contributed by atoms with Gasteiger partial charge >= 0.3 is 0 Å². The highest BCUT2D eigenvalue weighted by molar-refractivity contribution is 9.10. The van der Waals surface area contributed by atoms with Crippen LogP contribution in [0, 0.1) is 18.7 Å². The van der Waals surface area contributed by atoms with Crippen molar-refractivity contribution < 1.29 is 9.18 Å². The third kappa shape index (κ3) is 2.26. The van der Waals surface area contributed by atoms with E-state index in [1.54, 1.807) is 13.0 Å². The van der Waals surface area contributed by atoms with Gasteiger partial charge in [0.05, 0.1) is 4.47 Å². The number of anilines is 1. The second-order valence-corrected chi connectivity index (χ2v) is 5.05. The predicted molar refractivity (Wildman–Crippen MR) is 64.8 cm³/mol. The van der Waals surface area contributed by atoms with E-state index in [1.165, 1.54) is 6.07 Å². The topological polar surface area (TPSA) is 29.1 Å². The Kier molecular flexibility index (Phi) is 3.28. The molecule has 4 heteroatoms. The highest BCUT2D eigenvalue weighted by Crippen LogP contribution is 2.29. The van der Waals surface area contributed by atoms with Crippen molar-refractivity contribution in [2.24, 2.45) is 5.92 Å². The SMILES string of the molecule is Cc1cc(F)c(Br)cc1NC(=O)C1CCC1. The number of nitrogens with one attached hydrogen (secondary N) is 1. The average Bonchev–Trinajstić information content (AvgIpc) is 2.11. The fourth-order valence-corrected chi connectivity index (χ4v) is 2.03. The lowest BCUT2D eigenvalue weighted by atomic mass is 9.85. The largest absolute Gasteiger partial charge is 0.326 e. The summed E-state index contributed by atoms with van der Waals surface area (Å²) >= 11 is 3.11. The Labute approximate surface area is 102 Å². The average molecular weight is 286 g/mol. The molecule has 0 heterocycles. The first kappa shape index (κ1) is 11.6. The summed E-state index contributed by atoms with van der Waals surface area (Å²) in [5.41, 5.74) is 1.43. The summed E-state index contributed by atoms with van der Waals surface area (Å²) < 4.78 is 13.6. The van der Waals surface area contributed by atoms with Crippen LogP contribution < -0.4 is 5.32 Å². The molecular weight excluding hydrogens is 273 g/mol. The summed E-state index contributed by atoms with van der Waals surface area (Å²) in [6, 6.07) is 3.03. The molecule has 0 aromatic heterocycles. The number of benzene rings is 1. The second-order valence-electron chi connectivity index (χ2n) is 4.20. The fraction of sp³-hybridized carbons (Fsp3) is 0.417. The zero-order chi connectivity index (χ0) is 11.7. The van der Waals surface area contributed by atoms with Gasteiger partial charge in [0.1, 0.15) is 5.82 Å². The van der Waals surface area contributed by atoms with Gasteiger partial charge in [-0.1, -0.05) is 6.42 Å². The summed E-state index contributed by atoms with van der Waals surface area (Å²) in [6.07, 6.45) is 3.06. The van der Waals surface area contributed by atoms with Crippen molar-refractivity contribution in [3.63, 3.8) is 0 Å². The first-order valence-electron chi connectivity index (χ1n) is 5.34. The number of carbonyl (C=O) groups excluding carboxylic acids is 1. The second kappa shape index (κ2) is 4.53. The van der Waals surface area contributed by atoms with Crippen molar-refractivity contribution in [1.29, 1.82) is 0 Å². The van der Waals surface area contributed by atoms with E-state index in [0.717, 1.165) is 24.8 Å². The number of hydrogen-bond donors (Lipinski definition) is 1. The van der Waals surface area contributed by atoms with Gasteiger partial charge in [-0.2, -0.15) is 0 Å². The molecular formula is C12H13BrFNO. The van der Waals surface area contributed by atoms with Crippen molar-refractivity contribution in [2.45, 2.75) is 26.2 Å². The number of amides is 1. The van der Waals surface area contributed by atoms with Crippen LogP contribution in [-0.2, 0) is 4.79 Å². The maximum Gasteiger partial charge on any atom is 0.227 e. The number of carbonyl (C=O) groups is 1. The third-order valence-electron chi connectivity index (χ3n) is 3.00. The molecule has 0 unspecified atom stereocenters. The monoisotopic (exact) mass is 285 g/mol. The lowest BCUT2D eigenvalue weighted by Gasteiger charge is -2.24. The molecule has 2 rings (SSSR count). The van der Waals surface area contributed by atoms with Crippen molar-refractivity contribution in [3.05, 3.63) is 28.0 Å². The number of hydrogen-bond acceptors (Lipinski definition) is 1. The highest BCUT2D eigenvalue weighted by atomic mass is 79.9. The first-order valence-corrected chi connectivity index (χ1v) is 6.13. The van der Waals surface area contributed by atoms with Crippen LogP contribution in [0.4, 0.5) is 10.1 Å². The molecule has 1 fully saturated rings. The summed E-state index contributed by atoms with van der Waals surface area (Å²) in [6.45, 7) is 1.78. The predicted octanol–water partition coefficient (Wildman–Crippen LogP) is 3.64. The van der Waals surface area contributed by atoms with Gasteiger partial charge in [-0.05, 0) is 53.4 Å². The molecule has 0 atom stereocenters. The van der Waals surface area contributed by atoms with Crippen LogP contribution in [0.1, 0.15) is 24.8 Å². The number of halogens is 2. The van der Waals surface area contributed by atoms with E-state index >= 15 is 0 Å². The smallest absolute Gasteiger partial charge is 0.227 e. The molecule has 0 radical (unpaired) electrons. The van der Waals surface area contributed by atoms with E-state index in [4.69, 9.17) is 0 Å². The molecule has 1 saturated carbocycles. The van der Waals surface area contributed by atoms with E-state index in [2.05, 4.69) is 21.2 Å². The van der Waals surface area contributed by atoms with Crippen molar-refractivity contribution in [1.82, 2.24) is 0 Å². The van der Waals surface area contributed by atoms with Crippen LogP contribution in [0.15, 0.2) is 16.6 Å². The molecule has 1 N–H and O–H groups in total. The number of aryl methyl sites for hydroxylation is 1. The van der Waals surface area contributed by atoms with E-state index in [0.29, 0.717) is 10.2 Å². The van der Waals surface area contributed by atoms with E-state index in [1.807, 2.05) is 0 Å². The van der Waals surface area contributed by atoms with Crippen molar-refractivity contribution in [2.75, 3.05) is 5.32 Å². The van der Waals surface area contributed by atoms with Gasteiger partial charge in [-0.25, -0.2) is 4.39 Å². The highest BCUT2D eigenvalue weighted by Gasteiger charge is 2.25.